The Hall–Kier alpha value is -2.54. The van der Waals surface area contributed by atoms with E-state index in [1.54, 1.807) is 26.8 Å². The number of fused-ring (bicyclic) bond motifs is 1. The van der Waals surface area contributed by atoms with E-state index >= 15 is 0 Å². The van der Waals surface area contributed by atoms with Crippen LogP contribution in [0.1, 0.15) is 39.7 Å². The van der Waals surface area contributed by atoms with E-state index < -0.39 is 29.8 Å². The summed E-state index contributed by atoms with van der Waals surface area (Å²) in [6.45, 7) is 6.72. The topological polar surface area (TPSA) is 94.8 Å². The van der Waals surface area contributed by atoms with Gasteiger partial charge in [-0.25, -0.2) is 14.4 Å². The normalized spacial score (nSPS) is 11.3. The molecule has 27 heavy (non-hydrogen) atoms. The van der Waals surface area contributed by atoms with Crippen molar-refractivity contribution < 1.29 is 23.5 Å². The summed E-state index contributed by atoms with van der Waals surface area (Å²) in [5, 5.41) is 3.18. The number of hydrogen-bond acceptors (Lipinski definition) is 6. The Morgan fingerprint density at radius 3 is 2.56 bits per heavy atom. The first-order chi connectivity index (χ1) is 12.6. The number of nitrogens with one attached hydrogen (secondary N) is 1. The third-order valence-corrected chi connectivity index (χ3v) is 3.70. The number of carbonyl (C=O) groups is 2. The average Bonchev–Trinajstić information content (AvgIpc) is 2.53. The van der Waals surface area contributed by atoms with Crippen molar-refractivity contribution >= 4 is 34.6 Å². The van der Waals surface area contributed by atoms with Crippen LogP contribution in [0.3, 0.4) is 0 Å². The minimum absolute atomic E-state index is 0.0388. The molecule has 2 aromatic rings. The van der Waals surface area contributed by atoms with Crippen molar-refractivity contribution in [1.29, 1.82) is 0 Å². The predicted octanol–water partition coefficient (Wildman–Crippen LogP) is 3.83. The van der Waals surface area contributed by atoms with Crippen LogP contribution in [-0.2, 0) is 16.0 Å². The highest BCUT2D eigenvalue weighted by Gasteiger charge is 2.18. The van der Waals surface area contributed by atoms with Crippen LogP contribution in [-0.4, -0.2) is 24.2 Å². The second kappa shape index (κ2) is 8.43. The monoisotopic (exact) mass is 395 g/mol. The molecule has 2 rings (SSSR count). The molecule has 1 N–H and O–H groups in total. The molecule has 1 amide bonds. The molecule has 1 aromatic heterocycles. The van der Waals surface area contributed by atoms with E-state index in [0.29, 0.717) is 11.8 Å². The number of hydrogen-bond donors (Lipinski definition) is 1. The Labute approximate surface area is 161 Å². The van der Waals surface area contributed by atoms with Crippen LogP contribution in [0.25, 0.3) is 11.0 Å². The van der Waals surface area contributed by atoms with Crippen molar-refractivity contribution in [2.75, 3.05) is 6.54 Å². The predicted molar refractivity (Wildman–Crippen MR) is 101 cm³/mol. The Bertz CT molecular complexity index is 913. The van der Waals surface area contributed by atoms with Crippen LogP contribution in [0.4, 0.5) is 4.79 Å². The lowest BCUT2D eigenvalue weighted by molar-refractivity contribution is -0.133. The average molecular weight is 396 g/mol. The van der Waals surface area contributed by atoms with Crippen LogP contribution in [0, 0.1) is 0 Å². The van der Waals surface area contributed by atoms with E-state index in [4.69, 9.17) is 25.5 Å². The van der Waals surface area contributed by atoms with Gasteiger partial charge in [0.25, 0.3) is 0 Å². The highest BCUT2D eigenvalue weighted by Crippen LogP contribution is 2.31. The van der Waals surface area contributed by atoms with Crippen molar-refractivity contribution in [3.05, 3.63) is 39.2 Å². The van der Waals surface area contributed by atoms with Gasteiger partial charge in [0.15, 0.2) is 5.75 Å². The standard InChI is InChI=1S/C19H22ClNO6/c1-5-6-11-7-16(22)25-14-9-15(13(20)8-12(11)14)26-17(23)10-21-18(24)27-19(2,3)4/h7-9H,5-6,10H2,1-4H3,(H,21,24). The van der Waals surface area contributed by atoms with Gasteiger partial charge in [0, 0.05) is 17.5 Å². The first-order valence-electron chi connectivity index (χ1n) is 8.53. The molecule has 1 aromatic carbocycles. The van der Waals surface area contributed by atoms with Crippen LogP contribution >= 0.6 is 11.6 Å². The minimum Gasteiger partial charge on any atom is -0.444 e. The lowest BCUT2D eigenvalue weighted by Crippen LogP contribution is -2.36. The first kappa shape index (κ1) is 20.8. The van der Waals surface area contributed by atoms with Gasteiger partial charge in [-0.3, -0.25) is 0 Å². The van der Waals surface area contributed by atoms with Crippen molar-refractivity contribution in [2.45, 2.75) is 46.1 Å². The Morgan fingerprint density at radius 2 is 1.93 bits per heavy atom. The number of carbonyl (C=O) groups excluding carboxylic acids is 2. The zero-order valence-corrected chi connectivity index (χ0v) is 16.4. The number of halogens is 1. The minimum atomic E-state index is -0.742. The maximum Gasteiger partial charge on any atom is 0.408 e. The highest BCUT2D eigenvalue weighted by atomic mass is 35.5. The number of benzene rings is 1. The number of esters is 1. The second-order valence-electron chi connectivity index (χ2n) is 6.95. The zero-order chi connectivity index (χ0) is 20.2. The second-order valence-corrected chi connectivity index (χ2v) is 7.36. The summed E-state index contributed by atoms with van der Waals surface area (Å²) in [7, 11) is 0. The lowest BCUT2D eigenvalue weighted by Gasteiger charge is -2.19. The number of ether oxygens (including phenoxy) is 2. The third-order valence-electron chi connectivity index (χ3n) is 3.40. The molecular formula is C19H22ClNO6. The zero-order valence-electron chi connectivity index (χ0n) is 15.7. The summed E-state index contributed by atoms with van der Waals surface area (Å²) in [6, 6.07) is 4.41. The quantitative estimate of drug-likeness (QED) is 0.469. The summed E-state index contributed by atoms with van der Waals surface area (Å²) in [4.78, 5) is 35.3. The van der Waals surface area contributed by atoms with Gasteiger partial charge in [-0.05, 0) is 38.8 Å². The number of alkyl carbamates (subject to hydrolysis) is 1. The number of rotatable bonds is 5. The molecule has 0 aliphatic heterocycles. The van der Waals surface area contributed by atoms with Gasteiger partial charge in [-0.15, -0.1) is 0 Å². The van der Waals surface area contributed by atoms with Gasteiger partial charge in [0.1, 0.15) is 17.7 Å². The molecule has 146 valence electrons. The summed E-state index contributed by atoms with van der Waals surface area (Å²) in [5.41, 5.74) is -0.0749. The molecule has 0 saturated heterocycles. The van der Waals surface area contributed by atoms with Crippen molar-refractivity contribution in [3.63, 3.8) is 0 Å². The molecule has 0 saturated carbocycles. The molecule has 8 heteroatoms. The number of amides is 1. The van der Waals surface area contributed by atoms with E-state index in [0.717, 1.165) is 12.0 Å². The molecule has 0 fully saturated rings. The third kappa shape index (κ3) is 5.99. The number of aryl methyl sites for hydroxylation is 1. The molecule has 1 heterocycles. The fourth-order valence-corrected chi connectivity index (χ4v) is 2.60. The summed E-state index contributed by atoms with van der Waals surface area (Å²) < 4.78 is 15.4. The van der Waals surface area contributed by atoms with E-state index in [1.807, 2.05) is 6.92 Å². The Morgan fingerprint density at radius 1 is 1.22 bits per heavy atom. The molecule has 0 aliphatic carbocycles. The summed E-state index contributed by atoms with van der Waals surface area (Å²) >= 11 is 6.20. The van der Waals surface area contributed by atoms with E-state index in [2.05, 4.69) is 5.32 Å². The Kier molecular flexibility index (Phi) is 6.49. The fourth-order valence-electron chi connectivity index (χ4n) is 2.40. The molecule has 0 radical (unpaired) electrons. The van der Waals surface area contributed by atoms with Gasteiger partial charge in [-0.2, -0.15) is 0 Å². The molecular weight excluding hydrogens is 374 g/mol. The van der Waals surface area contributed by atoms with Crippen molar-refractivity contribution in [3.8, 4) is 5.75 Å². The van der Waals surface area contributed by atoms with Crippen LogP contribution in [0.5, 0.6) is 5.75 Å². The Balaban J connectivity index is 2.14. The van der Waals surface area contributed by atoms with Gasteiger partial charge in [0.05, 0.1) is 5.02 Å². The highest BCUT2D eigenvalue weighted by molar-refractivity contribution is 6.33. The lowest BCUT2D eigenvalue weighted by atomic mass is 10.1. The largest absolute Gasteiger partial charge is 0.444 e. The van der Waals surface area contributed by atoms with Gasteiger partial charge in [0.2, 0.25) is 0 Å². The van der Waals surface area contributed by atoms with Crippen molar-refractivity contribution in [1.82, 2.24) is 5.32 Å². The van der Waals surface area contributed by atoms with Gasteiger partial charge < -0.3 is 19.2 Å². The van der Waals surface area contributed by atoms with E-state index in [-0.39, 0.29) is 16.4 Å². The molecule has 0 spiro atoms. The molecule has 0 bridgehead atoms. The van der Waals surface area contributed by atoms with E-state index in [1.165, 1.54) is 12.1 Å². The molecule has 0 unspecified atom stereocenters. The molecule has 0 aliphatic rings. The van der Waals surface area contributed by atoms with Crippen LogP contribution in [0.2, 0.25) is 5.02 Å². The summed E-state index contributed by atoms with van der Waals surface area (Å²) in [6.07, 6.45) is 0.805. The maximum atomic E-state index is 12.0. The maximum absolute atomic E-state index is 12.0. The molecule has 7 nitrogen and oxygen atoms in total. The van der Waals surface area contributed by atoms with Crippen molar-refractivity contribution in [2.24, 2.45) is 0 Å². The SMILES string of the molecule is CCCc1cc(=O)oc2cc(OC(=O)CNC(=O)OC(C)(C)C)c(Cl)cc12. The molecule has 0 atom stereocenters. The van der Waals surface area contributed by atoms with E-state index in [9.17, 15) is 14.4 Å². The van der Waals surface area contributed by atoms with Gasteiger partial charge >= 0.3 is 17.7 Å². The van der Waals surface area contributed by atoms with Gasteiger partial charge in [-0.1, -0.05) is 24.9 Å². The fraction of sp³-hybridized carbons (Fsp3) is 0.421. The first-order valence-corrected chi connectivity index (χ1v) is 8.90. The van der Waals surface area contributed by atoms with Crippen LogP contribution < -0.4 is 15.7 Å². The summed E-state index contributed by atoms with van der Waals surface area (Å²) in [5.74, 6) is -0.703. The smallest absolute Gasteiger partial charge is 0.408 e. The van der Waals surface area contributed by atoms with Crippen LogP contribution in [0.15, 0.2) is 27.4 Å².